The summed E-state index contributed by atoms with van der Waals surface area (Å²) in [6.45, 7) is 2.15. The summed E-state index contributed by atoms with van der Waals surface area (Å²) in [5, 5.41) is 0. The van der Waals surface area contributed by atoms with Crippen LogP contribution in [0.2, 0.25) is 0 Å². The lowest BCUT2D eigenvalue weighted by atomic mass is 10.1. The highest BCUT2D eigenvalue weighted by atomic mass is 32.2. The number of benzene rings is 2. The summed E-state index contributed by atoms with van der Waals surface area (Å²) in [5.74, 6) is 1.10. The van der Waals surface area contributed by atoms with Crippen LogP contribution in [0, 0.1) is 0 Å². The predicted molar refractivity (Wildman–Crippen MR) is 83.9 cm³/mol. The van der Waals surface area contributed by atoms with Crippen molar-refractivity contribution < 1.29 is 0 Å². The molecular formula is C16H18N2S. The molecule has 2 aromatic carbocycles. The molecule has 1 aliphatic heterocycles. The van der Waals surface area contributed by atoms with Crippen molar-refractivity contribution in [3.05, 3.63) is 54.1 Å². The second kappa shape index (κ2) is 5.57. The van der Waals surface area contributed by atoms with Crippen molar-refractivity contribution in [2.75, 3.05) is 29.5 Å². The lowest BCUT2D eigenvalue weighted by Gasteiger charge is -2.20. The number of rotatable bonds is 4. The third-order valence-electron chi connectivity index (χ3n) is 3.49. The third-order valence-corrected chi connectivity index (χ3v) is 4.48. The second-order valence-electron chi connectivity index (χ2n) is 4.75. The van der Waals surface area contributed by atoms with Gasteiger partial charge in [0.1, 0.15) is 0 Å². The maximum Gasteiger partial charge on any atom is 0.0633 e. The zero-order valence-corrected chi connectivity index (χ0v) is 11.7. The van der Waals surface area contributed by atoms with Crippen LogP contribution < -0.4 is 10.6 Å². The molecule has 98 valence electrons. The third kappa shape index (κ3) is 2.71. The van der Waals surface area contributed by atoms with Crippen molar-refractivity contribution in [2.24, 2.45) is 0 Å². The average molecular weight is 270 g/mol. The van der Waals surface area contributed by atoms with Crippen molar-refractivity contribution >= 4 is 23.1 Å². The molecule has 0 spiro atoms. The summed E-state index contributed by atoms with van der Waals surface area (Å²) in [7, 11) is 0. The van der Waals surface area contributed by atoms with E-state index in [-0.39, 0.29) is 0 Å². The molecule has 0 fully saturated rings. The van der Waals surface area contributed by atoms with Crippen LogP contribution in [0.15, 0.2) is 53.4 Å². The Labute approximate surface area is 118 Å². The van der Waals surface area contributed by atoms with Gasteiger partial charge in [0, 0.05) is 23.7 Å². The quantitative estimate of drug-likeness (QED) is 0.682. The van der Waals surface area contributed by atoms with Crippen LogP contribution >= 0.6 is 11.8 Å². The molecule has 0 saturated carbocycles. The molecule has 0 unspecified atom stereocenters. The van der Waals surface area contributed by atoms with Crippen LogP contribution in [0.1, 0.15) is 5.56 Å². The van der Waals surface area contributed by atoms with E-state index in [1.54, 1.807) is 0 Å². The Kier molecular flexibility index (Phi) is 3.65. The number of thioether (sulfide) groups is 1. The first kappa shape index (κ1) is 12.4. The molecular weight excluding hydrogens is 252 g/mol. The summed E-state index contributed by atoms with van der Waals surface area (Å²) in [6, 6.07) is 16.8. The number of nitrogen functional groups attached to an aromatic ring is 1. The largest absolute Gasteiger partial charge is 0.397 e. The molecule has 2 aromatic rings. The standard InChI is InChI=1S/C16H18N2S/c17-15-8-4-5-13-9-10-18(16(13)15)11-12-19-14-6-2-1-3-7-14/h1-8H,9-12,17H2. The van der Waals surface area contributed by atoms with Gasteiger partial charge < -0.3 is 10.6 Å². The molecule has 2 N–H and O–H groups in total. The van der Waals surface area contributed by atoms with E-state index in [2.05, 4.69) is 47.4 Å². The van der Waals surface area contributed by atoms with Crippen LogP contribution in [0.3, 0.4) is 0 Å². The van der Waals surface area contributed by atoms with Crippen LogP contribution in [0.4, 0.5) is 11.4 Å². The van der Waals surface area contributed by atoms with Crippen LogP contribution in [-0.2, 0) is 6.42 Å². The lowest BCUT2D eigenvalue weighted by Crippen LogP contribution is -2.24. The molecule has 0 amide bonds. The fourth-order valence-electron chi connectivity index (χ4n) is 2.58. The normalized spacial score (nSPS) is 13.6. The van der Waals surface area contributed by atoms with Gasteiger partial charge in [-0.15, -0.1) is 11.8 Å². The minimum absolute atomic E-state index is 0.916. The highest BCUT2D eigenvalue weighted by Crippen LogP contribution is 2.33. The first-order valence-electron chi connectivity index (χ1n) is 6.65. The number of anilines is 2. The van der Waals surface area contributed by atoms with Gasteiger partial charge in [-0.2, -0.15) is 0 Å². The first-order valence-corrected chi connectivity index (χ1v) is 7.63. The van der Waals surface area contributed by atoms with Crippen molar-refractivity contribution in [2.45, 2.75) is 11.3 Å². The van der Waals surface area contributed by atoms with Crippen LogP contribution in [0.5, 0.6) is 0 Å². The van der Waals surface area contributed by atoms with E-state index in [0.29, 0.717) is 0 Å². The zero-order chi connectivity index (χ0) is 13.1. The van der Waals surface area contributed by atoms with E-state index < -0.39 is 0 Å². The number of fused-ring (bicyclic) bond motifs is 1. The van der Waals surface area contributed by atoms with Gasteiger partial charge in [-0.05, 0) is 30.2 Å². The molecule has 3 heteroatoms. The fourth-order valence-corrected chi connectivity index (χ4v) is 3.48. The summed E-state index contributed by atoms with van der Waals surface area (Å²) in [4.78, 5) is 3.75. The van der Waals surface area contributed by atoms with E-state index in [1.165, 1.54) is 16.1 Å². The Morgan fingerprint density at radius 2 is 1.89 bits per heavy atom. The second-order valence-corrected chi connectivity index (χ2v) is 5.92. The molecule has 1 heterocycles. The Balaban J connectivity index is 1.61. The monoisotopic (exact) mass is 270 g/mol. The van der Waals surface area contributed by atoms with Crippen LogP contribution in [0.25, 0.3) is 0 Å². The lowest BCUT2D eigenvalue weighted by molar-refractivity contribution is 0.874. The maximum absolute atomic E-state index is 6.10. The zero-order valence-electron chi connectivity index (χ0n) is 10.9. The number of para-hydroxylation sites is 1. The minimum Gasteiger partial charge on any atom is -0.397 e. The molecule has 3 rings (SSSR count). The Morgan fingerprint density at radius 1 is 1.05 bits per heavy atom. The number of nitrogens with zero attached hydrogens (tertiary/aromatic N) is 1. The highest BCUT2D eigenvalue weighted by molar-refractivity contribution is 7.99. The minimum atomic E-state index is 0.916. The van der Waals surface area contributed by atoms with E-state index in [4.69, 9.17) is 5.73 Å². The Bertz CT molecular complexity index is 554. The molecule has 0 bridgehead atoms. The fraction of sp³-hybridized carbons (Fsp3) is 0.250. The van der Waals surface area contributed by atoms with Gasteiger partial charge in [-0.25, -0.2) is 0 Å². The molecule has 2 nitrogen and oxygen atoms in total. The van der Waals surface area contributed by atoms with Gasteiger partial charge in [0.05, 0.1) is 11.4 Å². The van der Waals surface area contributed by atoms with Crippen molar-refractivity contribution in [1.82, 2.24) is 0 Å². The van der Waals surface area contributed by atoms with Crippen molar-refractivity contribution in [3.63, 3.8) is 0 Å². The molecule has 0 saturated heterocycles. The summed E-state index contributed by atoms with van der Waals surface area (Å²) in [6.07, 6.45) is 1.12. The number of hydrogen-bond acceptors (Lipinski definition) is 3. The highest BCUT2D eigenvalue weighted by Gasteiger charge is 2.20. The topological polar surface area (TPSA) is 29.3 Å². The van der Waals surface area contributed by atoms with Gasteiger partial charge in [0.25, 0.3) is 0 Å². The van der Waals surface area contributed by atoms with E-state index >= 15 is 0 Å². The summed E-state index contributed by atoms with van der Waals surface area (Å²) in [5.41, 5.74) is 9.67. The van der Waals surface area contributed by atoms with Gasteiger partial charge in [0.2, 0.25) is 0 Å². The summed E-state index contributed by atoms with van der Waals surface area (Å²) >= 11 is 1.91. The molecule has 0 aromatic heterocycles. The predicted octanol–water partition coefficient (Wildman–Crippen LogP) is 3.42. The molecule has 0 atom stereocenters. The summed E-state index contributed by atoms with van der Waals surface area (Å²) < 4.78 is 0. The molecule has 1 aliphatic rings. The SMILES string of the molecule is Nc1cccc2c1N(CCSc1ccccc1)CC2. The first-order chi connectivity index (χ1) is 9.34. The smallest absolute Gasteiger partial charge is 0.0633 e. The molecule has 19 heavy (non-hydrogen) atoms. The van der Waals surface area contributed by atoms with E-state index in [1.807, 2.05) is 17.8 Å². The van der Waals surface area contributed by atoms with Gasteiger partial charge in [0.15, 0.2) is 0 Å². The van der Waals surface area contributed by atoms with Gasteiger partial charge in [-0.3, -0.25) is 0 Å². The Hall–Kier alpha value is -1.61. The van der Waals surface area contributed by atoms with Gasteiger partial charge in [-0.1, -0.05) is 30.3 Å². The van der Waals surface area contributed by atoms with Crippen molar-refractivity contribution in [3.8, 4) is 0 Å². The van der Waals surface area contributed by atoms with E-state index in [9.17, 15) is 0 Å². The van der Waals surface area contributed by atoms with E-state index in [0.717, 1.165) is 31.0 Å². The maximum atomic E-state index is 6.10. The average Bonchev–Trinajstić information content (AvgIpc) is 2.85. The Morgan fingerprint density at radius 3 is 2.74 bits per heavy atom. The molecule has 0 aliphatic carbocycles. The molecule has 0 radical (unpaired) electrons. The van der Waals surface area contributed by atoms with Crippen molar-refractivity contribution in [1.29, 1.82) is 0 Å². The van der Waals surface area contributed by atoms with Crippen LogP contribution in [-0.4, -0.2) is 18.8 Å². The van der Waals surface area contributed by atoms with Gasteiger partial charge >= 0.3 is 0 Å². The number of hydrogen-bond donors (Lipinski definition) is 1. The number of nitrogens with two attached hydrogens (primary N) is 1.